The smallest absolute Gasteiger partial charge is 0.294 e. The average molecular weight is 467 g/mol. The number of hydrogen-bond donors (Lipinski definition) is 1. The van der Waals surface area contributed by atoms with Crippen LogP contribution >= 0.6 is 35.0 Å². The first kappa shape index (κ1) is 22.0. The van der Waals surface area contributed by atoms with E-state index in [0.29, 0.717) is 27.1 Å². The van der Waals surface area contributed by atoms with Gasteiger partial charge in [0.1, 0.15) is 13.2 Å². The summed E-state index contributed by atoms with van der Waals surface area (Å²) in [5.74, 6) is -0.394. The Labute approximate surface area is 186 Å². The van der Waals surface area contributed by atoms with Gasteiger partial charge in [0.05, 0.1) is 22.1 Å². The zero-order valence-corrected chi connectivity index (χ0v) is 18.0. The van der Waals surface area contributed by atoms with E-state index >= 15 is 0 Å². The Balaban J connectivity index is 1.76. The van der Waals surface area contributed by atoms with Crippen LogP contribution < -0.4 is 15.2 Å². The van der Waals surface area contributed by atoms with Gasteiger partial charge in [-0.25, -0.2) is 0 Å². The third-order valence-electron chi connectivity index (χ3n) is 4.05. The number of halogens is 2. The predicted molar refractivity (Wildman–Crippen MR) is 116 cm³/mol. The number of amides is 3. The lowest BCUT2D eigenvalue weighted by atomic mass is 10.1. The minimum atomic E-state index is -0.760. The van der Waals surface area contributed by atoms with E-state index in [0.717, 1.165) is 22.2 Å². The topological polar surface area (TPSA) is 98.9 Å². The Morgan fingerprint density at radius 1 is 1.13 bits per heavy atom. The van der Waals surface area contributed by atoms with E-state index in [-0.39, 0.29) is 11.5 Å². The van der Waals surface area contributed by atoms with Crippen LogP contribution in [0, 0.1) is 0 Å². The van der Waals surface area contributed by atoms with E-state index in [1.165, 1.54) is 13.2 Å². The summed E-state index contributed by atoms with van der Waals surface area (Å²) < 4.78 is 11.2. The largest absolute Gasteiger partial charge is 0.493 e. The number of rotatable bonds is 7. The number of thioether (sulfide) groups is 1. The maximum atomic E-state index is 12.3. The van der Waals surface area contributed by atoms with Crippen molar-refractivity contribution in [1.82, 2.24) is 4.90 Å². The molecule has 1 heterocycles. The van der Waals surface area contributed by atoms with Gasteiger partial charge in [-0.15, -0.1) is 0 Å². The molecular formula is C20H16Cl2N2O5S. The summed E-state index contributed by atoms with van der Waals surface area (Å²) in [6.07, 6.45) is 1.54. The highest BCUT2D eigenvalue weighted by Gasteiger charge is 2.35. The highest BCUT2D eigenvalue weighted by Crippen LogP contribution is 2.34. The molecular weight excluding hydrogens is 451 g/mol. The van der Waals surface area contributed by atoms with E-state index in [9.17, 15) is 14.4 Å². The van der Waals surface area contributed by atoms with Crippen LogP contribution in [0.4, 0.5) is 4.79 Å². The summed E-state index contributed by atoms with van der Waals surface area (Å²) in [6.45, 7) is -0.203. The molecule has 1 aliphatic heterocycles. The molecule has 2 N–H and O–H groups in total. The lowest BCUT2D eigenvalue weighted by Gasteiger charge is -2.12. The Bertz CT molecular complexity index is 1060. The first-order valence-corrected chi connectivity index (χ1v) is 10.1. The number of imide groups is 1. The zero-order chi connectivity index (χ0) is 21.8. The molecule has 1 saturated heterocycles. The number of nitrogens with zero attached hydrogens (tertiary/aromatic N) is 1. The van der Waals surface area contributed by atoms with Crippen molar-refractivity contribution in [2.75, 3.05) is 13.7 Å². The van der Waals surface area contributed by atoms with Gasteiger partial charge in [0.15, 0.2) is 11.5 Å². The quantitative estimate of drug-likeness (QED) is 0.616. The molecule has 10 heteroatoms. The number of primary amides is 1. The monoisotopic (exact) mass is 466 g/mol. The highest BCUT2D eigenvalue weighted by atomic mass is 35.5. The molecule has 2 aromatic rings. The van der Waals surface area contributed by atoms with E-state index in [2.05, 4.69) is 0 Å². The minimum absolute atomic E-state index is 0.188. The standard InChI is InChI=1S/C20H16Cl2N2O5S/c1-28-16-7-11(8-17-19(26)24(9-18(23)25)20(27)30-17)3-5-15(16)29-10-12-2-4-13(21)14(22)6-12/h2-8H,9-10H2,1H3,(H2,23,25)/b17-8-. The molecule has 156 valence electrons. The van der Waals surface area contributed by atoms with Gasteiger partial charge in [-0.05, 0) is 53.2 Å². The zero-order valence-electron chi connectivity index (χ0n) is 15.7. The molecule has 1 aliphatic rings. The van der Waals surface area contributed by atoms with Gasteiger partial charge >= 0.3 is 0 Å². The van der Waals surface area contributed by atoms with Gasteiger partial charge in [0.2, 0.25) is 5.91 Å². The fourth-order valence-corrected chi connectivity index (χ4v) is 3.79. The van der Waals surface area contributed by atoms with Crippen LogP contribution in [0.3, 0.4) is 0 Å². The van der Waals surface area contributed by atoms with Gasteiger partial charge < -0.3 is 15.2 Å². The van der Waals surface area contributed by atoms with E-state index in [1.807, 2.05) is 0 Å². The Morgan fingerprint density at radius 3 is 2.57 bits per heavy atom. The van der Waals surface area contributed by atoms with E-state index in [1.54, 1.807) is 36.4 Å². The molecule has 1 fully saturated rings. The van der Waals surface area contributed by atoms with Crippen molar-refractivity contribution in [3.05, 3.63) is 62.5 Å². The van der Waals surface area contributed by atoms with Gasteiger partial charge in [0.25, 0.3) is 11.1 Å². The fraction of sp³-hybridized carbons (Fsp3) is 0.150. The third kappa shape index (κ3) is 5.08. The lowest BCUT2D eigenvalue weighted by Crippen LogP contribution is -2.36. The third-order valence-corrected chi connectivity index (χ3v) is 5.70. The Kier molecular flexibility index (Phi) is 6.91. The summed E-state index contributed by atoms with van der Waals surface area (Å²) in [4.78, 5) is 36.3. The lowest BCUT2D eigenvalue weighted by molar-refractivity contribution is -0.127. The van der Waals surface area contributed by atoms with Crippen LogP contribution in [0.1, 0.15) is 11.1 Å². The molecule has 0 radical (unpaired) electrons. The molecule has 3 amide bonds. The number of hydrogen-bond acceptors (Lipinski definition) is 6. The first-order valence-electron chi connectivity index (χ1n) is 8.57. The second-order valence-corrected chi connectivity index (χ2v) is 7.99. The fourth-order valence-electron chi connectivity index (χ4n) is 2.63. The number of methoxy groups -OCH3 is 1. The van der Waals surface area contributed by atoms with Crippen molar-refractivity contribution in [2.24, 2.45) is 5.73 Å². The minimum Gasteiger partial charge on any atom is -0.493 e. The number of carbonyl (C=O) groups excluding carboxylic acids is 3. The van der Waals surface area contributed by atoms with Crippen LogP contribution in [0.15, 0.2) is 41.3 Å². The number of benzene rings is 2. The van der Waals surface area contributed by atoms with E-state index < -0.39 is 23.6 Å². The summed E-state index contributed by atoms with van der Waals surface area (Å²) in [5, 5.41) is 0.353. The number of ether oxygens (including phenoxy) is 2. The molecule has 7 nitrogen and oxygen atoms in total. The number of carbonyl (C=O) groups is 3. The maximum Gasteiger partial charge on any atom is 0.294 e. The summed E-state index contributed by atoms with van der Waals surface area (Å²) in [6, 6.07) is 10.3. The normalized spacial score (nSPS) is 15.0. The summed E-state index contributed by atoms with van der Waals surface area (Å²) in [5.41, 5.74) is 6.53. The molecule has 0 unspecified atom stereocenters. The molecule has 0 aromatic heterocycles. The summed E-state index contributed by atoms with van der Waals surface area (Å²) in [7, 11) is 1.49. The molecule has 0 aliphatic carbocycles. The first-order chi connectivity index (χ1) is 14.3. The predicted octanol–water partition coefficient (Wildman–Crippen LogP) is 4.10. The Hall–Kier alpha value is -2.68. The van der Waals surface area contributed by atoms with Crippen molar-refractivity contribution < 1.29 is 23.9 Å². The van der Waals surface area contributed by atoms with Crippen molar-refractivity contribution in [2.45, 2.75) is 6.61 Å². The van der Waals surface area contributed by atoms with Gasteiger partial charge in [-0.1, -0.05) is 35.3 Å². The second-order valence-electron chi connectivity index (χ2n) is 6.18. The molecule has 2 aromatic carbocycles. The van der Waals surface area contributed by atoms with Gasteiger partial charge in [0, 0.05) is 0 Å². The second kappa shape index (κ2) is 9.42. The molecule has 30 heavy (non-hydrogen) atoms. The van der Waals surface area contributed by atoms with Crippen LogP contribution in [-0.4, -0.2) is 35.6 Å². The van der Waals surface area contributed by atoms with Crippen LogP contribution in [0.5, 0.6) is 11.5 Å². The van der Waals surface area contributed by atoms with Gasteiger partial charge in [-0.3, -0.25) is 19.3 Å². The van der Waals surface area contributed by atoms with Crippen molar-refractivity contribution in [3.63, 3.8) is 0 Å². The van der Waals surface area contributed by atoms with Crippen LogP contribution in [-0.2, 0) is 16.2 Å². The van der Waals surface area contributed by atoms with Crippen LogP contribution in [0.2, 0.25) is 10.0 Å². The Morgan fingerprint density at radius 2 is 1.90 bits per heavy atom. The maximum absolute atomic E-state index is 12.3. The molecule has 0 atom stereocenters. The molecule has 0 spiro atoms. The van der Waals surface area contributed by atoms with Crippen LogP contribution in [0.25, 0.3) is 6.08 Å². The molecule has 0 saturated carbocycles. The molecule has 0 bridgehead atoms. The average Bonchev–Trinajstić information content (AvgIpc) is 2.96. The van der Waals surface area contributed by atoms with Gasteiger partial charge in [-0.2, -0.15) is 0 Å². The van der Waals surface area contributed by atoms with Crippen molar-refractivity contribution in [1.29, 1.82) is 0 Å². The van der Waals surface area contributed by atoms with E-state index in [4.69, 9.17) is 38.4 Å². The van der Waals surface area contributed by atoms with Crippen molar-refractivity contribution >= 4 is 58.1 Å². The highest BCUT2D eigenvalue weighted by molar-refractivity contribution is 8.18. The SMILES string of the molecule is COc1cc(/C=C2\SC(=O)N(CC(N)=O)C2=O)ccc1OCc1ccc(Cl)c(Cl)c1. The number of nitrogens with two attached hydrogens (primary N) is 1. The molecule has 3 rings (SSSR count). The van der Waals surface area contributed by atoms with Crippen molar-refractivity contribution in [3.8, 4) is 11.5 Å². The summed E-state index contributed by atoms with van der Waals surface area (Å²) >= 11 is 12.7.